The fraction of sp³-hybridized carbons (Fsp3) is 0.231. The van der Waals surface area contributed by atoms with Crippen molar-refractivity contribution in [1.29, 1.82) is 0 Å². The molecule has 0 saturated carbocycles. The first-order valence-corrected chi connectivity index (χ1v) is 8.70. The van der Waals surface area contributed by atoms with E-state index in [0.717, 1.165) is 5.56 Å². The van der Waals surface area contributed by atoms with Gasteiger partial charge in [0.2, 0.25) is 0 Å². The summed E-state index contributed by atoms with van der Waals surface area (Å²) in [6.07, 6.45) is 0.413. The van der Waals surface area contributed by atoms with Crippen LogP contribution in [0, 0.1) is 6.92 Å². The third kappa shape index (κ3) is 3.15. The predicted molar refractivity (Wildman–Crippen MR) is 82.1 cm³/mol. The Hall–Kier alpha value is -1.08. The summed E-state index contributed by atoms with van der Waals surface area (Å²) in [5.74, 6) is 0. The molecule has 0 aliphatic rings. The van der Waals surface area contributed by atoms with Crippen LogP contribution < -0.4 is 4.72 Å². The molecule has 108 valence electrons. The molecule has 7 heteroatoms. The summed E-state index contributed by atoms with van der Waals surface area (Å²) in [4.78, 5) is 0.158. The van der Waals surface area contributed by atoms with Crippen LogP contribution in [0.4, 0.5) is 5.69 Å². The topological polar surface area (TPSA) is 66.4 Å². The van der Waals surface area contributed by atoms with Gasteiger partial charge in [-0.05, 0) is 42.0 Å². The van der Waals surface area contributed by atoms with Gasteiger partial charge in [0.25, 0.3) is 10.0 Å². The number of nitrogens with one attached hydrogen (secondary N) is 1. The maximum Gasteiger partial charge on any atom is 0.262 e. The number of sulfonamides is 1. The molecule has 2 N–H and O–H groups in total. The summed E-state index contributed by atoms with van der Waals surface area (Å²) >= 11 is 7.34. The summed E-state index contributed by atoms with van der Waals surface area (Å²) in [7, 11) is -3.69. The minimum absolute atomic E-state index is 0.0261. The number of halogens is 1. The van der Waals surface area contributed by atoms with Gasteiger partial charge in [-0.3, -0.25) is 4.72 Å². The normalized spacial score (nSPS) is 11.6. The second kappa shape index (κ2) is 6.13. The van der Waals surface area contributed by atoms with Crippen LogP contribution in [0.3, 0.4) is 0 Å². The molecule has 1 aromatic carbocycles. The molecule has 0 fully saturated rings. The van der Waals surface area contributed by atoms with E-state index in [1.54, 1.807) is 24.4 Å². The Morgan fingerprint density at radius 2 is 2.10 bits per heavy atom. The van der Waals surface area contributed by atoms with E-state index in [0.29, 0.717) is 22.7 Å². The number of anilines is 1. The fourth-order valence-corrected chi connectivity index (χ4v) is 4.29. The monoisotopic (exact) mass is 331 g/mol. The first-order valence-electron chi connectivity index (χ1n) is 5.89. The Bertz CT molecular complexity index is 710. The van der Waals surface area contributed by atoms with Crippen molar-refractivity contribution >= 4 is 38.6 Å². The van der Waals surface area contributed by atoms with Crippen LogP contribution in [0.5, 0.6) is 0 Å². The van der Waals surface area contributed by atoms with E-state index in [9.17, 15) is 8.42 Å². The van der Waals surface area contributed by atoms with Gasteiger partial charge in [0.1, 0.15) is 0 Å². The van der Waals surface area contributed by atoms with Crippen molar-refractivity contribution in [2.45, 2.75) is 18.2 Å². The van der Waals surface area contributed by atoms with Crippen molar-refractivity contribution < 1.29 is 13.5 Å². The molecule has 1 aromatic heterocycles. The van der Waals surface area contributed by atoms with E-state index in [1.807, 2.05) is 5.38 Å². The van der Waals surface area contributed by atoms with Crippen molar-refractivity contribution in [2.24, 2.45) is 0 Å². The van der Waals surface area contributed by atoms with Crippen LogP contribution in [0.15, 0.2) is 33.9 Å². The van der Waals surface area contributed by atoms with Gasteiger partial charge >= 0.3 is 0 Å². The molecule has 0 unspecified atom stereocenters. The summed E-state index contributed by atoms with van der Waals surface area (Å²) in [5, 5.41) is 12.9. The average Bonchev–Trinajstić information content (AvgIpc) is 2.80. The zero-order valence-corrected chi connectivity index (χ0v) is 13.1. The fourth-order valence-electron chi connectivity index (χ4n) is 1.81. The number of rotatable bonds is 5. The highest BCUT2D eigenvalue weighted by molar-refractivity contribution is 7.92. The van der Waals surface area contributed by atoms with Crippen molar-refractivity contribution in [3.8, 4) is 0 Å². The van der Waals surface area contributed by atoms with Crippen LogP contribution in [-0.4, -0.2) is 20.1 Å². The van der Waals surface area contributed by atoms with Gasteiger partial charge in [0.15, 0.2) is 0 Å². The van der Waals surface area contributed by atoms with E-state index in [1.165, 1.54) is 17.4 Å². The molecule has 0 saturated heterocycles. The quantitative estimate of drug-likeness (QED) is 0.885. The van der Waals surface area contributed by atoms with E-state index >= 15 is 0 Å². The van der Waals surface area contributed by atoms with E-state index < -0.39 is 10.0 Å². The van der Waals surface area contributed by atoms with E-state index in [2.05, 4.69) is 4.72 Å². The number of aliphatic hydroxyl groups excluding tert-OH is 1. The Morgan fingerprint density at radius 3 is 2.80 bits per heavy atom. The molecule has 0 aliphatic heterocycles. The zero-order chi connectivity index (χ0) is 14.8. The molecule has 0 radical (unpaired) electrons. The molecule has 2 aromatic rings. The molecule has 0 bridgehead atoms. The Morgan fingerprint density at radius 1 is 1.35 bits per heavy atom. The largest absolute Gasteiger partial charge is 0.396 e. The zero-order valence-electron chi connectivity index (χ0n) is 10.8. The highest BCUT2D eigenvalue weighted by Crippen LogP contribution is 2.27. The number of aliphatic hydroxyl groups is 1. The lowest BCUT2D eigenvalue weighted by atomic mass is 10.2. The van der Waals surface area contributed by atoms with Crippen LogP contribution in [0.1, 0.15) is 11.1 Å². The number of thiophene rings is 1. The highest BCUT2D eigenvalue weighted by atomic mass is 35.5. The van der Waals surface area contributed by atoms with Gasteiger partial charge in [-0.2, -0.15) is 0 Å². The van der Waals surface area contributed by atoms with Crippen LogP contribution in [-0.2, 0) is 16.4 Å². The number of hydrogen-bond donors (Lipinski definition) is 2. The molecule has 0 aliphatic carbocycles. The van der Waals surface area contributed by atoms with Crippen LogP contribution in [0.25, 0.3) is 0 Å². The van der Waals surface area contributed by atoms with Gasteiger partial charge in [0.05, 0.1) is 10.6 Å². The number of benzene rings is 1. The minimum atomic E-state index is -3.69. The van der Waals surface area contributed by atoms with Gasteiger partial charge in [-0.15, -0.1) is 11.3 Å². The SMILES string of the molecule is Cc1c(Cl)cccc1S(=O)(=O)Nc1cscc1CCO. The summed E-state index contributed by atoms with van der Waals surface area (Å²) < 4.78 is 27.4. The first-order chi connectivity index (χ1) is 9.45. The maximum absolute atomic E-state index is 12.4. The highest BCUT2D eigenvalue weighted by Gasteiger charge is 2.19. The van der Waals surface area contributed by atoms with Crippen molar-refractivity contribution in [3.05, 3.63) is 45.1 Å². The van der Waals surface area contributed by atoms with Crippen LogP contribution >= 0.6 is 22.9 Å². The van der Waals surface area contributed by atoms with E-state index in [4.69, 9.17) is 16.7 Å². The Labute approximate surface area is 127 Å². The van der Waals surface area contributed by atoms with Crippen molar-refractivity contribution in [2.75, 3.05) is 11.3 Å². The Balaban J connectivity index is 2.36. The molecule has 1 heterocycles. The van der Waals surface area contributed by atoms with Gasteiger partial charge < -0.3 is 5.11 Å². The minimum Gasteiger partial charge on any atom is -0.396 e. The Kier molecular flexibility index (Phi) is 4.70. The average molecular weight is 332 g/mol. The van der Waals surface area contributed by atoms with Crippen molar-refractivity contribution in [1.82, 2.24) is 0 Å². The third-order valence-electron chi connectivity index (χ3n) is 2.88. The molecule has 0 atom stereocenters. The summed E-state index contributed by atoms with van der Waals surface area (Å²) in [6.45, 7) is 1.64. The molecule has 0 amide bonds. The maximum atomic E-state index is 12.4. The third-order valence-corrected chi connectivity index (χ3v) is 5.59. The smallest absolute Gasteiger partial charge is 0.262 e. The van der Waals surface area contributed by atoms with Gasteiger partial charge in [-0.25, -0.2) is 8.42 Å². The second-order valence-corrected chi connectivity index (χ2v) is 7.05. The second-order valence-electron chi connectivity index (χ2n) is 4.25. The molecular formula is C13H14ClNO3S2. The molecular weight excluding hydrogens is 318 g/mol. The summed E-state index contributed by atoms with van der Waals surface area (Å²) in [5.41, 5.74) is 1.80. The standard InChI is InChI=1S/C13H14ClNO3S2/c1-9-11(14)3-2-4-13(9)20(17,18)15-12-8-19-7-10(12)5-6-16/h2-4,7-8,15-16H,5-6H2,1H3. The van der Waals surface area contributed by atoms with E-state index in [-0.39, 0.29) is 11.5 Å². The lowest BCUT2D eigenvalue weighted by molar-refractivity contribution is 0.300. The molecule has 20 heavy (non-hydrogen) atoms. The number of hydrogen-bond acceptors (Lipinski definition) is 4. The predicted octanol–water partition coefficient (Wildman–Crippen LogP) is 3.05. The van der Waals surface area contributed by atoms with Crippen LogP contribution in [0.2, 0.25) is 5.02 Å². The lowest BCUT2D eigenvalue weighted by Gasteiger charge is -2.11. The molecule has 0 spiro atoms. The lowest BCUT2D eigenvalue weighted by Crippen LogP contribution is -2.15. The van der Waals surface area contributed by atoms with Gasteiger partial charge in [0, 0.05) is 17.0 Å². The van der Waals surface area contributed by atoms with Crippen molar-refractivity contribution in [3.63, 3.8) is 0 Å². The molecule has 4 nitrogen and oxygen atoms in total. The van der Waals surface area contributed by atoms with Gasteiger partial charge in [-0.1, -0.05) is 17.7 Å². The molecule has 2 rings (SSSR count). The summed E-state index contributed by atoms with van der Waals surface area (Å²) in [6, 6.07) is 4.77. The first kappa shape index (κ1) is 15.3.